The number of nitrogens with one attached hydrogen (secondary N) is 1. The first kappa shape index (κ1) is 15.3. The summed E-state index contributed by atoms with van der Waals surface area (Å²) >= 11 is 1.32. The van der Waals surface area contributed by atoms with Crippen LogP contribution in [0.15, 0.2) is 23.1 Å². The number of carbonyl (C=O) groups is 1. The van der Waals surface area contributed by atoms with Crippen molar-refractivity contribution in [3.63, 3.8) is 0 Å². The van der Waals surface area contributed by atoms with E-state index >= 15 is 0 Å². The van der Waals surface area contributed by atoms with Crippen LogP contribution in [0.2, 0.25) is 0 Å². The molecule has 1 aromatic rings. The molecule has 0 saturated carbocycles. The van der Waals surface area contributed by atoms with Crippen LogP contribution in [0.5, 0.6) is 0 Å². The van der Waals surface area contributed by atoms with Crippen molar-refractivity contribution in [3.05, 3.63) is 29.6 Å². The minimum Gasteiger partial charge on any atom is -0.336 e. The van der Waals surface area contributed by atoms with Crippen molar-refractivity contribution in [3.8, 4) is 0 Å². The van der Waals surface area contributed by atoms with Gasteiger partial charge in [-0.3, -0.25) is 4.79 Å². The second-order valence-electron chi connectivity index (χ2n) is 3.89. The summed E-state index contributed by atoms with van der Waals surface area (Å²) < 4.78 is 13.3. The zero-order valence-corrected chi connectivity index (χ0v) is 11.7. The standard InChI is InChI=1S/C12H15FN2OS.ClH/c1-17-11-8-9(2-3-10(11)13)12(16)15-6-4-14-5-7-15;/h2-3,8,14H,4-7H2,1H3;1H. The van der Waals surface area contributed by atoms with Gasteiger partial charge in [-0.1, -0.05) is 0 Å². The molecular weight excluding hydrogens is 275 g/mol. The fraction of sp³-hybridized carbons (Fsp3) is 0.417. The first-order chi connectivity index (χ1) is 8.22. The number of hydrogen-bond donors (Lipinski definition) is 1. The number of rotatable bonds is 2. The van der Waals surface area contributed by atoms with E-state index < -0.39 is 0 Å². The van der Waals surface area contributed by atoms with Gasteiger partial charge in [-0.25, -0.2) is 4.39 Å². The van der Waals surface area contributed by atoms with Crippen LogP contribution in [0.3, 0.4) is 0 Å². The molecule has 1 aliphatic rings. The molecule has 1 heterocycles. The van der Waals surface area contributed by atoms with Gasteiger partial charge in [0.2, 0.25) is 0 Å². The second-order valence-corrected chi connectivity index (χ2v) is 4.74. The molecule has 1 N–H and O–H groups in total. The largest absolute Gasteiger partial charge is 0.336 e. The zero-order chi connectivity index (χ0) is 12.3. The summed E-state index contributed by atoms with van der Waals surface area (Å²) in [6.45, 7) is 3.07. The molecule has 1 fully saturated rings. The van der Waals surface area contributed by atoms with Crippen molar-refractivity contribution in [2.24, 2.45) is 0 Å². The number of carbonyl (C=O) groups excluding carboxylic acids is 1. The van der Waals surface area contributed by atoms with Gasteiger partial charge in [0.05, 0.1) is 0 Å². The summed E-state index contributed by atoms with van der Waals surface area (Å²) in [7, 11) is 0. The Kier molecular flexibility index (Phi) is 5.91. The van der Waals surface area contributed by atoms with Crippen LogP contribution in [0, 0.1) is 5.82 Å². The molecule has 0 aromatic heterocycles. The Labute approximate surface area is 117 Å². The van der Waals surface area contributed by atoms with Crippen LogP contribution in [-0.2, 0) is 0 Å². The number of benzene rings is 1. The molecule has 0 aliphatic carbocycles. The molecular formula is C12H16ClFN2OS. The van der Waals surface area contributed by atoms with E-state index in [2.05, 4.69) is 5.32 Å². The van der Waals surface area contributed by atoms with Gasteiger partial charge in [0.25, 0.3) is 5.91 Å². The van der Waals surface area contributed by atoms with Gasteiger partial charge < -0.3 is 10.2 Å². The molecule has 1 aliphatic heterocycles. The summed E-state index contributed by atoms with van der Waals surface area (Å²) in [4.78, 5) is 14.5. The Morgan fingerprint density at radius 3 is 2.67 bits per heavy atom. The smallest absolute Gasteiger partial charge is 0.253 e. The third kappa shape index (κ3) is 3.37. The Morgan fingerprint density at radius 1 is 1.39 bits per heavy atom. The van der Waals surface area contributed by atoms with Gasteiger partial charge in [0, 0.05) is 36.6 Å². The molecule has 0 unspecified atom stereocenters. The highest BCUT2D eigenvalue weighted by molar-refractivity contribution is 7.98. The van der Waals surface area contributed by atoms with E-state index in [0.717, 1.165) is 13.1 Å². The van der Waals surface area contributed by atoms with Crippen molar-refractivity contribution in [1.29, 1.82) is 0 Å². The SMILES string of the molecule is CSc1cc(C(=O)N2CCNCC2)ccc1F.Cl. The lowest BCUT2D eigenvalue weighted by molar-refractivity contribution is 0.0735. The molecule has 100 valence electrons. The third-order valence-corrected chi connectivity index (χ3v) is 3.55. The molecule has 1 amide bonds. The van der Waals surface area contributed by atoms with Crippen LogP contribution < -0.4 is 5.32 Å². The van der Waals surface area contributed by atoms with Gasteiger partial charge >= 0.3 is 0 Å². The maximum Gasteiger partial charge on any atom is 0.253 e. The zero-order valence-electron chi connectivity index (χ0n) is 10.1. The van der Waals surface area contributed by atoms with E-state index in [4.69, 9.17) is 0 Å². The first-order valence-corrected chi connectivity index (χ1v) is 6.78. The normalized spacial score (nSPS) is 15.1. The molecule has 1 saturated heterocycles. The second kappa shape index (κ2) is 6.97. The predicted octanol–water partition coefficient (Wildman–Crippen LogP) is 2.01. The third-order valence-electron chi connectivity index (χ3n) is 2.80. The molecule has 1 aromatic carbocycles. The fourth-order valence-electron chi connectivity index (χ4n) is 1.84. The van der Waals surface area contributed by atoms with Crippen LogP contribution in [0.1, 0.15) is 10.4 Å². The summed E-state index contributed by atoms with van der Waals surface area (Å²) in [6.07, 6.45) is 1.80. The molecule has 0 atom stereocenters. The topological polar surface area (TPSA) is 32.3 Å². The molecule has 3 nitrogen and oxygen atoms in total. The van der Waals surface area contributed by atoms with Crippen molar-refractivity contribution in [2.75, 3.05) is 32.4 Å². The number of hydrogen-bond acceptors (Lipinski definition) is 3. The lowest BCUT2D eigenvalue weighted by atomic mass is 10.2. The highest BCUT2D eigenvalue weighted by atomic mass is 35.5. The Hall–Kier alpha value is -0.780. The Morgan fingerprint density at radius 2 is 2.06 bits per heavy atom. The summed E-state index contributed by atoms with van der Waals surface area (Å²) in [5.74, 6) is -0.281. The van der Waals surface area contributed by atoms with E-state index in [0.29, 0.717) is 23.5 Å². The molecule has 6 heteroatoms. The van der Waals surface area contributed by atoms with Crippen LogP contribution in [-0.4, -0.2) is 43.2 Å². The van der Waals surface area contributed by atoms with Gasteiger partial charge in [-0.05, 0) is 24.5 Å². The van der Waals surface area contributed by atoms with E-state index in [1.54, 1.807) is 23.3 Å². The number of amides is 1. The number of nitrogens with zero attached hydrogens (tertiary/aromatic N) is 1. The number of piperazine rings is 1. The maximum atomic E-state index is 13.3. The lowest BCUT2D eigenvalue weighted by Gasteiger charge is -2.27. The van der Waals surface area contributed by atoms with Gasteiger partial charge in [0.15, 0.2) is 0 Å². The summed E-state index contributed by atoms with van der Waals surface area (Å²) in [6, 6.07) is 4.55. The Balaban J connectivity index is 0.00000162. The quantitative estimate of drug-likeness (QED) is 0.846. The van der Waals surface area contributed by atoms with E-state index in [-0.39, 0.29) is 24.1 Å². The van der Waals surface area contributed by atoms with Crippen molar-refractivity contribution >= 4 is 30.1 Å². The summed E-state index contributed by atoms with van der Waals surface area (Å²) in [5.41, 5.74) is 0.567. The Bertz CT molecular complexity index is 425. The van der Waals surface area contributed by atoms with Crippen molar-refractivity contribution in [2.45, 2.75) is 4.90 Å². The first-order valence-electron chi connectivity index (χ1n) is 5.56. The van der Waals surface area contributed by atoms with E-state index in [9.17, 15) is 9.18 Å². The monoisotopic (exact) mass is 290 g/mol. The van der Waals surface area contributed by atoms with E-state index in [1.807, 2.05) is 0 Å². The average Bonchev–Trinajstić information content (AvgIpc) is 2.39. The van der Waals surface area contributed by atoms with E-state index in [1.165, 1.54) is 17.8 Å². The predicted molar refractivity (Wildman–Crippen MR) is 74.2 cm³/mol. The molecule has 0 radical (unpaired) electrons. The fourth-order valence-corrected chi connectivity index (χ4v) is 2.35. The average molecular weight is 291 g/mol. The van der Waals surface area contributed by atoms with Crippen LogP contribution in [0.4, 0.5) is 4.39 Å². The van der Waals surface area contributed by atoms with Crippen molar-refractivity contribution in [1.82, 2.24) is 10.2 Å². The maximum absolute atomic E-state index is 13.3. The van der Waals surface area contributed by atoms with Gasteiger partial charge in [-0.2, -0.15) is 0 Å². The van der Waals surface area contributed by atoms with Gasteiger partial charge in [0.1, 0.15) is 5.82 Å². The van der Waals surface area contributed by atoms with Crippen LogP contribution in [0.25, 0.3) is 0 Å². The molecule has 18 heavy (non-hydrogen) atoms. The minimum absolute atomic E-state index is 0. The highest BCUT2D eigenvalue weighted by Gasteiger charge is 2.18. The number of halogens is 2. The molecule has 0 bridgehead atoms. The number of thioether (sulfide) groups is 1. The van der Waals surface area contributed by atoms with Crippen molar-refractivity contribution < 1.29 is 9.18 Å². The minimum atomic E-state index is -0.269. The highest BCUT2D eigenvalue weighted by Crippen LogP contribution is 2.21. The summed E-state index contributed by atoms with van der Waals surface area (Å²) in [5, 5.41) is 3.19. The van der Waals surface area contributed by atoms with Crippen LogP contribution >= 0.6 is 24.2 Å². The van der Waals surface area contributed by atoms with Gasteiger partial charge in [-0.15, -0.1) is 24.2 Å². The lowest BCUT2D eigenvalue weighted by Crippen LogP contribution is -2.46. The molecule has 2 rings (SSSR count). The molecule has 0 spiro atoms.